The van der Waals surface area contributed by atoms with Crippen LogP contribution in [0.3, 0.4) is 0 Å². The molecule has 2 aliphatic rings. The molecule has 1 saturated carbocycles. The van der Waals surface area contributed by atoms with E-state index in [-0.39, 0.29) is 11.8 Å². The lowest BCUT2D eigenvalue weighted by Gasteiger charge is -2.31. The third-order valence-corrected chi connectivity index (χ3v) is 7.18. The van der Waals surface area contributed by atoms with Crippen molar-refractivity contribution in [3.63, 3.8) is 0 Å². The van der Waals surface area contributed by atoms with Gasteiger partial charge in [-0.15, -0.1) is 0 Å². The summed E-state index contributed by atoms with van der Waals surface area (Å²) in [5, 5.41) is 4.79. The van der Waals surface area contributed by atoms with E-state index < -0.39 is 0 Å². The molecule has 0 spiro atoms. The monoisotopic (exact) mass is 394 g/mol. The zero-order chi connectivity index (χ0) is 18.2. The van der Waals surface area contributed by atoms with E-state index in [4.69, 9.17) is 11.6 Å². The minimum Gasteiger partial charge on any atom is -0.355 e. The summed E-state index contributed by atoms with van der Waals surface area (Å²) < 4.78 is 0. The van der Waals surface area contributed by atoms with Crippen LogP contribution in [-0.4, -0.2) is 41.4 Å². The van der Waals surface area contributed by atoms with Crippen molar-refractivity contribution in [1.29, 1.82) is 0 Å². The molecule has 1 N–H and O–H groups in total. The molecule has 0 radical (unpaired) electrons. The molecule has 1 aromatic rings. The lowest BCUT2D eigenvalue weighted by molar-refractivity contribution is -0.126. The van der Waals surface area contributed by atoms with Crippen LogP contribution in [0.5, 0.6) is 0 Å². The molecule has 3 rings (SSSR count). The number of thioether (sulfide) groups is 1. The second-order valence-corrected chi connectivity index (χ2v) is 9.45. The van der Waals surface area contributed by atoms with Gasteiger partial charge in [-0.25, -0.2) is 0 Å². The number of amides is 1. The standard InChI is InChI=1S/C21H31ClN2OS/c22-19-6-4-5-17(15-19)16-24-12-9-18(10-13-24)21(25)23-11-14-26-20-7-2-1-3-8-20/h4-6,15,18,20H,1-3,7-14,16H2,(H,23,25). The average molecular weight is 395 g/mol. The Labute approximate surface area is 167 Å². The van der Waals surface area contributed by atoms with Crippen LogP contribution in [0.15, 0.2) is 24.3 Å². The molecule has 0 atom stereocenters. The Bertz CT molecular complexity index is 569. The van der Waals surface area contributed by atoms with Crippen LogP contribution >= 0.6 is 23.4 Å². The summed E-state index contributed by atoms with van der Waals surface area (Å²) in [7, 11) is 0. The number of halogens is 1. The fourth-order valence-electron chi connectivity index (χ4n) is 4.02. The van der Waals surface area contributed by atoms with Gasteiger partial charge in [0.1, 0.15) is 0 Å². The van der Waals surface area contributed by atoms with Crippen molar-refractivity contribution in [1.82, 2.24) is 10.2 Å². The van der Waals surface area contributed by atoms with Crippen LogP contribution in [0, 0.1) is 5.92 Å². The van der Waals surface area contributed by atoms with Crippen LogP contribution in [-0.2, 0) is 11.3 Å². The van der Waals surface area contributed by atoms with Gasteiger partial charge in [-0.1, -0.05) is 43.0 Å². The Kier molecular flexibility index (Phi) is 8.15. The van der Waals surface area contributed by atoms with Gasteiger partial charge in [-0.2, -0.15) is 11.8 Å². The van der Waals surface area contributed by atoms with Crippen LogP contribution < -0.4 is 5.32 Å². The van der Waals surface area contributed by atoms with Gasteiger partial charge in [0, 0.05) is 35.0 Å². The number of nitrogens with one attached hydrogen (secondary N) is 1. The third-order valence-electron chi connectivity index (χ3n) is 5.56. The summed E-state index contributed by atoms with van der Waals surface area (Å²) >= 11 is 8.12. The quantitative estimate of drug-likeness (QED) is 0.678. The number of carbonyl (C=O) groups is 1. The fourth-order valence-corrected chi connectivity index (χ4v) is 5.46. The van der Waals surface area contributed by atoms with Crippen LogP contribution in [0.4, 0.5) is 0 Å². The smallest absolute Gasteiger partial charge is 0.223 e. The summed E-state index contributed by atoms with van der Waals surface area (Å²) in [6.45, 7) is 3.72. The van der Waals surface area contributed by atoms with Crippen molar-refractivity contribution < 1.29 is 4.79 Å². The number of carbonyl (C=O) groups excluding carboxylic acids is 1. The molecule has 1 heterocycles. The van der Waals surface area contributed by atoms with Crippen molar-refractivity contribution in [2.45, 2.75) is 56.7 Å². The first-order chi connectivity index (χ1) is 12.7. The molecule has 0 aromatic heterocycles. The van der Waals surface area contributed by atoms with Gasteiger partial charge in [0.2, 0.25) is 5.91 Å². The molecule has 5 heteroatoms. The van der Waals surface area contributed by atoms with E-state index in [1.165, 1.54) is 37.7 Å². The first-order valence-corrected chi connectivity index (χ1v) is 11.5. The number of piperidine rings is 1. The maximum absolute atomic E-state index is 12.4. The SMILES string of the molecule is O=C(NCCSC1CCCCC1)C1CCN(Cc2cccc(Cl)c2)CC1. The Balaban J connectivity index is 1.30. The minimum atomic E-state index is 0.185. The van der Waals surface area contributed by atoms with E-state index in [1.807, 2.05) is 18.2 Å². The zero-order valence-electron chi connectivity index (χ0n) is 15.6. The van der Waals surface area contributed by atoms with E-state index in [0.29, 0.717) is 0 Å². The lowest BCUT2D eigenvalue weighted by Crippen LogP contribution is -2.40. The maximum atomic E-state index is 12.4. The summed E-state index contributed by atoms with van der Waals surface area (Å²) in [6.07, 6.45) is 8.83. The van der Waals surface area contributed by atoms with Crippen molar-refractivity contribution in [2.75, 3.05) is 25.4 Å². The van der Waals surface area contributed by atoms with Gasteiger partial charge < -0.3 is 5.32 Å². The fraction of sp³-hybridized carbons (Fsp3) is 0.667. The predicted octanol–water partition coefficient (Wildman–Crippen LogP) is 4.73. The average Bonchev–Trinajstić information content (AvgIpc) is 2.66. The van der Waals surface area contributed by atoms with E-state index in [1.54, 1.807) is 0 Å². The number of rotatable bonds is 7. The molecule has 3 nitrogen and oxygen atoms in total. The molecule has 2 fully saturated rings. The van der Waals surface area contributed by atoms with Gasteiger partial charge in [0.15, 0.2) is 0 Å². The minimum absolute atomic E-state index is 0.185. The second kappa shape index (κ2) is 10.6. The van der Waals surface area contributed by atoms with Gasteiger partial charge in [-0.3, -0.25) is 9.69 Å². The molecule has 1 aromatic carbocycles. The Morgan fingerprint density at radius 1 is 1.15 bits per heavy atom. The summed E-state index contributed by atoms with van der Waals surface area (Å²) in [6, 6.07) is 8.07. The van der Waals surface area contributed by atoms with Crippen molar-refractivity contribution in [2.24, 2.45) is 5.92 Å². The molecule has 1 saturated heterocycles. The second-order valence-electron chi connectivity index (χ2n) is 7.60. The van der Waals surface area contributed by atoms with E-state index >= 15 is 0 Å². The molecule has 0 unspecified atom stereocenters. The van der Waals surface area contributed by atoms with Crippen molar-refractivity contribution in [3.8, 4) is 0 Å². The number of hydrogen-bond acceptors (Lipinski definition) is 3. The molecular formula is C21H31ClN2OS. The lowest BCUT2D eigenvalue weighted by atomic mass is 9.95. The van der Waals surface area contributed by atoms with Crippen LogP contribution in [0.2, 0.25) is 5.02 Å². The van der Waals surface area contributed by atoms with Gasteiger partial charge >= 0.3 is 0 Å². The van der Waals surface area contributed by atoms with E-state index in [9.17, 15) is 4.79 Å². The van der Waals surface area contributed by atoms with E-state index in [0.717, 1.165) is 55.0 Å². The highest BCUT2D eigenvalue weighted by Crippen LogP contribution is 2.27. The highest BCUT2D eigenvalue weighted by Gasteiger charge is 2.24. The maximum Gasteiger partial charge on any atom is 0.223 e. The normalized spacial score (nSPS) is 20.2. The number of hydrogen-bond donors (Lipinski definition) is 1. The Hall–Kier alpha value is -0.710. The summed E-state index contributed by atoms with van der Waals surface area (Å²) in [4.78, 5) is 14.8. The Morgan fingerprint density at radius 3 is 2.65 bits per heavy atom. The van der Waals surface area contributed by atoms with E-state index in [2.05, 4.69) is 28.0 Å². The van der Waals surface area contributed by atoms with Gasteiger partial charge in [0.05, 0.1) is 0 Å². The van der Waals surface area contributed by atoms with Gasteiger partial charge in [-0.05, 0) is 56.5 Å². The van der Waals surface area contributed by atoms with Crippen molar-refractivity contribution in [3.05, 3.63) is 34.9 Å². The summed E-state index contributed by atoms with van der Waals surface area (Å²) in [5.41, 5.74) is 1.25. The molecule has 144 valence electrons. The summed E-state index contributed by atoms with van der Waals surface area (Å²) in [5.74, 6) is 1.51. The van der Waals surface area contributed by atoms with Crippen LogP contribution in [0.1, 0.15) is 50.5 Å². The predicted molar refractivity (Wildman–Crippen MR) is 112 cm³/mol. The molecule has 1 aliphatic carbocycles. The first kappa shape index (κ1) is 20.0. The topological polar surface area (TPSA) is 32.3 Å². The highest BCUT2D eigenvalue weighted by atomic mass is 35.5. The number of nitrogens with zero attached hydrogens (tertiary/aromatic N) is 1. The van der Waals surface area contributed by atoms with Gasteiger partial charge in [0.25, 0.3) is 0 Å². The van der Waals surface area contributed by atoms with Crippen molar-refractivity contribution >= 4 is 29.3 Å². The number of likely N-dealkylation sites (tertiary alicyclic amines) is 1. The first-order valence-electron chi connectivity index (χ1n) is 10.1. The number of benzene rings is 1. The zero-order valence-corrected chi connectivity index (χ0v) is 17.2. The molecule has 1 amide bonds. The molecule has 0 bridgehead atoms. The molecule has 26 heavy (non-hydrogen) atoms. The Morgan fingerprint density at radius 2 is 1.92 bits per heavy atom. The highest BCUT2D eigenvalue weighted by molar-refractivity contribution is 7.99. The molecule has 1 aliphatic heterocycles. The van der Waals surface area contributed by atoms with Crippen LogP contribution in [0.25, 0.3) is 0 Å². The largest absolute Gasteiger partial charge is 0.355 e. The third kappa shape index (κ3) is 6.47. The molecular weight excluding hydrogens is 364 g/mol.